The van der Waals surface area contributed by atoms with Gasteiger partial charge in [-0.1, -0.05) is 26.7 Å². The number of rotatable bonds is 6. The van der Waals surface area contributed by atoms with Crippen LogP contribution < -0.4 is 5.32 Å². The summed E-state index contributed by atoms with van der Waals surface area (Å²) in [5.41, 5.74) is 2.01. The summed E-state index contributed by atoms with van der Waals surface area (Å²) >= 11 is 1.58. The van der Waals surface area contributed by atoms with Crippen molar-refractivity contribution in [3.63, 3.8) is 0 Å². The van der Waals surface area contributed by atoms with E-state index < -0.39 is 0 Å². The van der Waals surface area contributed by atoms with Gasteiger partial charge in [0.15, 0.2) is 4.96 Å². The van der Waals surface area contributed by atoms with Crippen molar-refractivity contribution in [2.24, 2.45) is 5.92 Å². The molecule has 2 rings (SSSR count). The second-order valence-electron chi connectivity index (χ2n) is 4.93. The van der Waals surface area contributed by atoms with Crippen molar-refractivity contribution in [2.75, 3.05) is 6.54 Å². The summed E-state index contributed by atoms with van der Waals surface area (Å²) in [5.74, 6) is 0.680. The van der Waals surface area contributed by atoms with Gasteiger partial charge in [-0.2, -0.15) is 0 Å². The monoisotopic (exact) mass is 279 g/mol. The van der Waals surface area contributed by atoms with Crippen LogP contribution in [0.4, 0.5) is 0 Å². The molecule has 0 saturated heterocycles. The maximum atomic E-state index is 12.0. The molecular formula is C14H21N3OS. The number of aryl methyl sites for hydroxylation is 1. The summed E-state index contributed by atoms with van der Waals surface area (Å²) in [6.07, 6.45) is 4.63. The second-order valence-corrected chi connectivity index (χ2v) is 5.76. The first-order valence-electron chi connectivity index (χ1n) is 6.82. The highest BCUT2D eigenvalue weighted by atomic mass is 32.1. The third kappa shape index (κ3) is 3.35. The molecule has 104 valence electrons. The van der Waals surface area contributed by atoms with Crippen molar-refractivity contribution in [1.82, 2.24) is 14.7 Å². The Morgan fingerprint density at radius 3 is 2.89 bits per heavy atom. The molecule has 0 aliphatic heterocycles. The van der Waals surface area contributed by atoms with Gasteiger partial charge in [-0.25, -0.2) is 4.98 Å². The number of amides is 1. The van der Waals surface area contributed by atoms with Gasteiger partial charge < -0.3 is 5.32 Å². The van der Waals surface area contributed by atoms with E-state index in [9.17, 15) is 4.79 Å². The lowest BCUT2D eigenvalue weighted by molar-refractivity contribution is -0.120. The van der Waals surface area contributed by atoms with E-state index in [2.05, 4.69) is 24.1 Å². The minimum absolute atomic E-state index is 0.0953. The van der Waals surface area contributed by atoms with Crippen LogP contribution in [-0.4, -0.2) is 21.8 Å². The van der Waals surface area contributed by atoms with Crippen molar-refractivity contribution < 1.29 is 4.79 Å². The van der Waals surface area contributed by atoms with E-state index in [1.165, 1.54) is 0 Å². The van der Waals surface area contributed by atoms with Crippen LogP contribution in [0.3, 0.4) is 0 Å². The van der Waals surface area contributed by atoms with Gasteiger partial charge in [0.05, 0.1) is 12.1 Å². The predicted octanol–water partition coefficient (Wildman–Crippen LogP) is 2.80. The number of carbonyl (C=O) groups excluding carboxylic acids is 1. The molecule has 19 heavy (non-hydrogen) atoms. The van der Waals surface area contributed by atoms with Gasteiger partial charge in [0, 0.05) is 23.8 Å². The first-order valence-corrected chi connectivity index (χ1v) is 7.70. The molecular weight excluding hydrogens is 258 g/mol. The fourth-order valence-corrected chi connectivity index (χ4v) is 3.05. The summed E-state index contributed by atoms with van der Waals surface area (Å²) in [6.45, 7) is 7.08. The van der Waals surface area contributed by atoms with Gasteiger partial charge in [-0.05, 0) is 12.8 Å². The van der Waals surface area contributed by atoms with Crippen molar-refractivity contribution in [3.8, 4) is 0 Å². The van der Waals surface area contributed by atoms with E-state index in [0.717, 1.165) is 35.7 Å². The van der Waals surface area contributed by atoms with Crippen LogP contribution in [0.25, 0.3) is 4.96 Å². The van der Waals surface area contributed by atoms with Crippen LogP contribution in [-0.2, 0) is 11.2 Å². The third-order valence-corrected chi connectivity index (χ3v) is 4.38. The predicted molar refractivity (Wildman–Crippen MR) is 78.6 cm³/mol. The molecule has 0 aliphatic carbocycles. The molecule has 2 aromatic rings. The SMILES string of the molecule is CCC(CC)CNC(=O)Cc1csc2nc(C)cn12. The van der Waals surface area contributed by atoms with E-state index in [4.69, 9.17) is 0 Å². The molecule has 0 aliphatic rings. The largest absolute Gasteiger partial charge is 0.355 e. The van der Waals surface area contributed by atoms with Crippen molar-refractivity contribution in [1.29, 1.82) is 0 Å². The van der Waals surface area contributed by atoms with Gasteiger partial charge in [0.2, 0.25) is 5.91 Å². The zero-order chi connectivity index (χ0) is 13.8. The number of thiazole rings is 1. The molecule has 0 radical (unpaired) electrons. The molecule has 2 heterocycles. The number of fused-ring (bicyclic) bond motifs is 1. The average molecular weight is 279 g/mol. The molecule has 1 amide bonds. The summed E-state index contributed by atoms with van der Waals surface area (Å²) < 4.78 is 2.01. The second kappa shape index (κ2) is 6.19. The summed E-state index contributed by atoms with van der Waals surface area (Å²) in [4.78, 5) is 17.3. The minimum Gasteiger partial charge on any atom is -0.355 e. The lowest BCUT2D eigenvalue weighted by Crippen LogP contribution is -2.30. The fraction of sp³-hybridized carbons (Fsp3) is 0.571. The van der Waals surface area contributed by atoms with E-state index in [-0.39, 0.29) is 5.91 Å². The smallest absolute Gasteiger partial charge is 0.225 e. The topological polar surface area (TPSA) is 46.4 Å². The minimum atomic E-state index is 0.0953. The average Bonchev–Trinajstić information content (AvgIpc) is 2.91. The molecule has 0 unspecified atom stereocenters. The molecule has 0 bridgehead atoms. The Labute approximate surface area is 117 Å². The highest BCUT2D eigenvalue weighted by Crippen LogP contribution is 2.16. The van der Waals surface area contributed by atoms with Crippen LogP contribution in [0.15, 0.2) is 11.6 Å². The highest BCUT2D eigenvalue weighted by Gasteiger charge is 2.11. The summed E-state index contributed by atoms with van der Waals surface area (Å²) in [6, 6.07) is 0. The van der Waals surface area contributed by atoms with E-state index in [1.54, 1.807) is 11.3 Å². The van der Waals surface area contributed by atoms with E-state index in [0.29, 0.717) is 12.3 Å². The lowest BCUT2D eigenvalue weighted by Gasteiger charge is -2.12. The van der Waals surface area contributed by atoms with Gasteiger partial charge in [-0.3, -0.25) is 9.20 Å². The highest BCUT2D eigenvalue weighted by molar-refractivity contribution is 7.15. The number of carbonyl (C=O) groups is 1. The molecule has 1 N–H and O–H groups in total. The lowest BCUT2D eigenvalue weighted by atomic mass is 10.0. The van der Waals surface area contributed by atoms with Crippen LogP contribution in [0.2, 0.25) is 0 Å². The Morgan fingerprint density at radius 1 is 1.47 bits per heavy atom. The van der Waals surface area contributed by atoms with Gasteiger partial charge in [0.25, 0.3) is 0 Å². The Balaban J connectivity index is 1.95. The molecule has 5 heteroatoms. The Bertz CT molecular complexity index is 554. The van der Waals surface area contributed by atoms with Gasteiger partial charge in [-0.15, -0.1) is 11.3 Å². The number of nitrogens with one attached hydrogen (secondary N) is 1. The third-order valence-electron chi connectivity index (χ3n) is 3.49. The van der Waals surface area contributed by atoms with Crippen LogP contribution in [0, 0.1) is 12.8 Å². The normalized spacial score (nSPS) is 11.4. The number of hydrogen-bond donors (Lipinski definition) is 1. The van der Waals surface area contributed by atoms with Crippen molar-refractivity contribution >= 4 is 22.2 Å². The fourth-order valence-electron chi connectivity index (χ4n) is 2.13. The summed E-state index contributed by atoms with van der Waals surface area (Å²) in [7, 11) is 0. The van der Waals surface area contributed by atoms with E-state index in [1.807, 2.05) is 22.9 Å². The van der Waals surface area contributed by atoms with Crippen LogP contribution in [0.5, 0.6) is 0 Å². The Kier molecular flexibility index (Phi) is 4.58. The Morgan fingerprint density at radius 2 is 2.21 bits per heavy atom. The molecule has 0 atom stereocenters. The van der Waals surface area contributed by atoms with Crippen LogP contribution >= 0.6 is 11.3 Å². The number of aromatic nitrogens is 2. The molecule has 0 fully saturated rings. The first kappa shape index (κ1) is 14.1. The molecule has 0 saturated carbocycles. The summed E-state index contributed by atoms with van der Waals surface area (Å²) in [5, 5.41) is 5.04. The maximum Gasteiger partial charge on any atom is 0.225 e. The zero-order valence-electron chi connectivity index (χ0n) is 11.8. The first-order chi connectivity index (χ1) is 9.13. The zero-order valence-corrected chi connectivity index (χ0v) is 12.6. The Hall–Kier alpha value is -1.36. The van der Waals surface area contributed by atoms with Crippen molar-refractivity contribution in [2.45, 2.75) is 40.0 Å². The number of imidazole rings is 1. The molecule has 2 aromatic heterocycles. The number of nitrogens with zero attached hydrogens (tertiary/aromatic N) is 2. The molecule has 0 aromatic carbocycles. The van der Waals surface area contributed by atoms with Gasteiger partial charge >= 0.3 is 0 Å². The van der Waals surface area contributed by atoms with Gasteiger partial charge in [0.1, 0.15) is 0 Å². The standard InChI is InChI=1S/C14H21N3OS/c1-4-11(5-2)7-15-13(18)6-12-9-19-14-16-10(3)8-17(12)14/h8-9,11H,4-7H2,1-3H3,(H,15,18). The molecule has 0 spiro atoms. The molecule has 4 nitrogen and oxygen atoms in total. The van der Waals surface area contributed by atoms with Crippen LogP contribution in [0.1, 0.15) is 38.1 Å². The number of hydrogen-bond acceptors (Lipinski definition) is 3. The van der Waals surface area contributed by atoms with Crippen molar-refractivity contribution in [3.05, 3.63) is 23.0 Å². The quantitative estimate of drug-likeness (QED) is 0.884. The van der Waals surface area contributed by atoms with E-state index >= 15 is 0 Å². The maximum absolute atomic E-state index is 12.0.